The zero-order valence-electron chi connectivity index (χ0n) is 18.7. The fraction of sp³-hybridized carbons (Fsp3) is 0.308. The molecule has 3 aromatic rings. The molecule has 1 heterocycles. The van der Waals surface area contributed by atoms with Crippen molar-refractivity contribution in [2.75, 3.05) is 17.7 Å². The number of benzene rings is 2. The molecule has 0 spiro atoms. The quantitative estimate of drug-likeness (QED) is 0.264. The fourth-order valence-electron chi connectivity index (χ4n) is 3.94. The lowest BCUT2D eigenvalue weighted by Gasteiger charge is -2.23. The Kier molecular flexibility index (Phi) is 8.55. The number of carboxylic acid groups (broad SMARTS) is 1. The summed E-state index contributed by atoms with van der Waals surface area (Å²) in [6, 6.07) is 19.3. The van der Waals surface area contributed by atoms with Crippen LogP contribution >= 0.6 is 11.6 Å². The molecule has 3 atom stereocenters. The van der Waals surface area contributed by atoms with Crippen molar-refractivity contribution in [3.05, 3.63) is 99.7 Å². The van der Waals surface area contributed by atoms with Crippen LogP contribution in [0.15, 0.2) is 72.0 Å². The maximum Gasteiger partial charge on any atom is 0.309 e. The van der Waals surface area contributed by atoms with Gasteiger partial charge in [-0.3, -0.25) is 9.78 Å². The van der Waals surface area contributed by atoms with Gasteiger partial charge in [-0.25, -0.2) is 0 Å². The first-order chi connectivity index (χ1) is 15.9. The molecule has 33 heavy (non-hydrogen) atoms. The second-order valence-electron chi connectivity index (χ2n) is 8.19. The minimum atomic E-state index is -0.924. The van der Waals surface area contributed by atoms with Gasteiger partial charge in [-0.2, -0.15) is 4.91 Å². The average Bonchev–Trinajstić information content (AvgIpc) is 2.81. The summed E-state index contributed by atoms with van der Waals surface area (Å²) in [5.41, 5.74) is 5.86. The van der Waals surface area contributed by atoms with E-state index < -0.39 is 17.9 Å². The second-order valence-corrected chi connectivity index (χ2v) is 8.50. The van der Waals surface area contributed by atoms with Gasteiger partial charge in [0.25, 0.3) is 0 Å². The number of alkyl halides is 1. The number of hydrogen-bond donors (Lipinski definition) is 2. The molecule has 0 aliphatic carbocycles. The maximum atomic E-state index is 11.8. The van der Waals surface area contributed by atoms with Gasteiger partial charge < -0.3 is 10.4 Å². The van der Waals surface area contributed by atoms with Crippen molar-refractivity contribution in [1.29, 1.82) is 0 Å². The van der Waals surface area contributed by atoms with E-state index in [0.717, 1.165) is 33.6 Å². The Hall–Kier alpha value is -3.25. The summed E-state index contributed by atoms with van der Waals surface area (Å²) in [4.78, 5) is 27.3. The minimum absolute atomic E-state index is 0.0361. The molecule has 0 radical (unpaired) electrons. The lowest BCUT2D eigenvalue weighted by molar-refractivity contribution is -0.140. The molecule has 0 bridgehead atoms. The fourth-order valence-corrected chi connectivity index (χ4v) is 4.18. The summed E-state index contributed by atoms with van der Waals surface area (Å²) >= 11 is 5.74. The van der Waals surface area contributed by atoms with Crippen molar-refractivity contribution in [3.63, 3.8) is 0 Å². The highest BCUT2D eigenvalue weighted by molar-refractivity contribution is 6.19. The van der Waals surface area contributed by atoms with Crippen LogP contribution in [0.5, 0.6) is 0 Å². The molecule has 0 saturated carbocycles. The lowest BCUT2D eigenvalue weighted by atomic mass is 9.82. The first-order valence-electron chi connectivity index (χ1n) is 10.9. The Bertz CT molecular complexity index is 1090. The van der Waals surface area contributed by atoms with E-state index >= 15 is 0 Å². The molecule has 0 amide bonds. The van der Waals surface area contributed by atoms with Crippen molar-refractivity contribution >= 4 is 23.3 Å². The number of hydrogen-bond acceptors (Lipinski definition) is 5. The van der Waals surface area contributed by atoms with Crippen molar-refractivity contribution < 1.29 is 9.90 Å². The number of carbonyl (C=O) groups is 1. The van der Waals surface area contributed by atoms with Crippen LogP contribution < -0.4 is 5.32 Å². The Morgan fingerprint density at radius 2 is 1.82 bits per heavy atom. The summed E-state index contributed by atoms with van der Waals surface area (Å²) < 4.78 is 0. The van der Waals surface area contributed by atoms with Crippen LogP contribution in [0.3, 0.4) is 0 Å². The van der Waals surface area contributed by atoms with Gasteiger partial charge in [-0.1, -0.05) is 41.6 Å². The molecule has 0 aliphatic heterocycles. The number of nitrogens with one attached hydrogen (secondary N) is 1. The zero-order chi connectivity index (χ0) is 23.8. The van der Waals surface area contributed by atoms with E-state index in [9.17, 15) is 14.8 Å². The Balaban J connectivity index is 1.88. The molecular formula is C26H28ClN3O3. The number of carboxylic acids is 1. The molecule has 0 fully saturated rings. The summed E-state index contributed by atoms with van der Waals surface area (Å²) in [5.74, 6) is -1.57. The van der Waals surface area contributed by atoms with E-state index in [1.54, 1.807) is 6.20 Å². The molecule has 7 heteroatoms. The number of pyridine rings is 1. The number of rotatable bonds is 11. The molecular weight excluding hydrogens is 438 g/mol. The maximum absolute atomic E-state index is 11.8. The third kappa shape index (κ3) is 6.39. The highest BCUT2D eigenvalue weighted by Gasteiger charge is 2.24. The molecule has 1 aromatic heterocycles. The Morgan fingerprint density at radius 1 is 1.09 bits per heavy atom. The second kappa shape index (κ2) is 11.6. The van der Waals surface area contributed by atoms with Gasteiger partial charge in [0.2, 0.25) is 0 Å². The number of anilines is 1. The van der Waals surface area contributed by atoms with E-state index in [1.165, 1.54) is 0 Å². The van der Waals surface area contributed by atoms with Crippen molar-refractivity contribution in [2.24, 2.45) is 11.1 Å². The van der Waals surface area contributed by atoms with E-state index in [1.807, 2.05) is 55.5 Å². The van der Waals surface area contributed by atoms with E-state index in [-0.39, 0.29) is 18.3 Å². The van der Waals surface area contributed by atoms with Gasteiger partial charge in [0.1, 0.15) is 6.04 Å². The minimum Gasteiger partial charge on any atom is -0.481 e. The first-order valence-corrected chi connectivity index (χ1v) is 11.4. The third-order valence-corrected chi connectivity index (χ3v) is 6.23. The zero-order valence-corrected chi connectivity index (χ0v) is 19.5. The van der Waals surface area contributed by atoms with Crippen LogP contribution in [-0.4, -0.2) is 28.5 Å². The summed E-state index contributed by atoms with van der Waals surface area (Å²) in [5, 5.41) is 15.8. The average molecular weight is 466 g/mol. The third-order valence-electron chi connectivity index (χ3n) is 5.86. The van der Waals surface area contributed by atoms with Gasteiger partial charge in [0, 0.05) is 35.9 Å². The van der Waals surface area contributed by atoms with E-state index in [4.69, 9.17) is 11.6 Å². The van der Waals surface area contributed by atoms with Crippen LogP contribution in [0.1, 0.15) is 46.3 Å². The normalized spacial score (nSPS) is 13.7. The van der Waals surface area contributed by atoms with E-state index in [2.05, 4.69) is 34.5 Å². The van der Waals surface area contributed by atoms with E-state index in [0.29, 0.717) is 6.42 Å². The van der Waals surface area contributed by atoms with Crippen molar-refractivity contribution in [3.8, 4) is 0 Å². The molecule has 2 N–H and O–H groups in total. The summed E-state index contributed by atoms with van der Waals surface area (Å²) in [6.45, 7) is 4.21. The molecule has 0 aliphatic rings. The summed E-state index contributed by atoms with van der Waals surface area (Å²) in [7, 11) is 0. The highest BCUT2D eigenvalue weighted by atomic mass is 35.5. The predicted molar refractivity (Wildman–Crippen MR) is 132 cm³/mol. The molecule has 172 valence electrons. The molecule has 3 rings (SSSR count). The number of aromatic nitrogens is 1. The Morgan fingerprint density at radius 3 is 2.42 bits per heavy atom. The van der Waals surface area contributed by atoms with Crippen molar-refractivity contribution in [2.45, 2.75) is 32.2 Å². The van der Waals surface area contributed by atoms with Crippen LogP contribution in [0, 0.1) is 24.7 Å². The van der Waals surface area contributed by atoms with Crippen molar-refractivity contribution in [1.82, 2.24) is 4.98 Å². The smallest absolute Gasteiger partial charge is 0.309 e. The highest BCUT2D eigenvalue weighted by Crippen LogP contribution is 2.37. The SMILES string of the molecule is Cc1cc(C(C[C@H](c2ccc(NCC(CCl)C(=O)O)cc2)c2ccccc2C)N=O)ccn1. The Labute approximate surface area is 199 Å². The van der Waals surface area contributed by atoms with Crippen LogP contribution in [0.4, 0.5) is 5.69 Å². The monoisotopic (exact) mass is 465 g/mol. The van der Waals surface area contributed by atoms with Crippen LogP contribution in [0.25, 0.3) is 0 Å². The van der Waals surface area contributed by atoms with Crippen LogP contribution in [0.2, 0.25) is 0 Å². The van der Waals surface area contributed by atoms with Gasteiger partial charge in [-0.15, -0.1) is 11.6 Å². The molecule has 2 aromatic carbocycles. The van der Waals surface area contributed by atoms with Gasteiger partial charge in [0.15, 0.2) is 0 Å². The first kappa shape index (κ1) is 24.4. The lowest BCUT2D eigenvalue weighted by Crippen LogP contribution is -2.24. The largest absolute Gasteiger partial charge is 0.481 e. The van der Waals surface area contributed by atoms with Gasteiger partial charge in [-0.05, 0) is 66.8 Å². The number of nitroso groups, excluding NO2 is 1. The number of aliphatic carboxylic acids is 1. The molecule has 0 saturated heterocycles. The molecule has 2 unspecified atom stereocenters. The number of halogens is 1. The predicted octanol–water partition coefficient (Wildman–Crippen LogP) is 6.08. The van der Waals surface area contributed by atoms with Gasteiger partial charge in [0.05, 0.1) is 5.92 Å². The standard InChI is InChI=1S/C26H28ClN3O3/c1-17-5-3-4-6-23(17)24(14-25(30-33)20-11-12-28-18(2)13-20)19-7-9-22(10-8-19)29-16-21(15-27)26(31)32/h3-13,21,24-25,29H,14-16H2,1-2H3,(H,31,32)/t21?,24-,25?/m1/s1. The van der Waals surface area contributed by atoms with Gasteiger partial charge >= 0.3 is 5.97 Å². The summed E-state index contributed by atoms with van der Waals surface area (Å²) in [6.07, 6.45) is 2.23. The number of nitrogens with zero attached hydrogens (tertiary/aromatic N) is 2. The number of aryl methyl sites for hydroxylation is 2. The van der Waals surface area contributed by atoms with Crippen LogP contribution in [-0.2, 0) is 4.79 Å². The molecule has 6 nitrogen and oxygen atoms in total. The topological polar surface area (TPSA) is 91.6 Å².